The van der Waals surface area contributed by atoms with E-state index in [0.717, 1.165) is 10.5 Å². The van der Waals surface area contributed by atoms with E-state index in [1.165, 1.54) is 23.2 Å². The van der Waals surface area contributed by atoms with Gasteiger partial charge in [-0.25, -0.2) is 4.98 Å². The predicted octanol–water partition coefficient (Wildman–Crippen LogP) is 4.21. The van der Waals surface area contributed by atoms with Gasteiger partial charge in [-0.05, 0) is 38.5 Å². The van der Waals surface area contributed by atoms with Crippen molar-refractivity contribution in [3.8, 4) is 0 Å². The number of anilines is 1. The first kappa shape index (κ1) is 11.4. The molecule has 1 atom stereocenters. The number of hydrogen-bond donors (Lipinski definition) is 1. The van der Waals surface area contributed by atoms with Crippen molar-refractivity contribution in [2.75, 3.05) is 5.32 Å². The van der Waals surface area contributed by atoms with Gasteiger partial charge >= 0.3 is 0 Å². The average Bonchev–Trinajstić information content (AvgIpc) is 2.57. The van der Waals surface area contributed by atoms with Gasteiger partial charge in [-0.1, -0.05) is 13.3 Å². The summed E-state index contributed by atoms with van der Waals surface area (Å²) in [6.07, 6.45) is 2.43. The van der Waals surface area contributed by atoms with Crippen LogP contribution in [-0.2, 0) is 0 Å². The molecule has 0 amide bonds. The fourth-order valence-electron chi connectivity index (χ4n) is 1.92. The lowest BCUT2D eigenvalue weighted by Crippen LogP contribution is -2.14. The molecule has 2 rings (SSSR count). The fourth-order valence-corrected chi connectivity index (χ4v) is 2.79. The van der Waals surface area contributed by atoms with Gasteiger partial charge in [0.2, 0.25) is 0 Å². The van der Waals surface area contributed by atoms with Gasteiger partial charge in [0.1, 0.15) is 0 Å². The highest BCUT2D eigenvalue weighted by atomic mass is 32.1. The zero-order valence-corrected chi connectivity index (χ0v) is 10.9. The molecule has 3 heteroatoms. The summed E-state index contributed by atoms with van der Waals surface area (Å²) in [6, 6.07) is 6.95. The first-order valence-electron chi connectivity index (χ1n) is 5.82. The smallest absolute Gasteiger partial charge is 0.0907 e. The van der Waals surface area contributed by atoms with Crippen LogP contribution in [0.15, 0.2) is 18.2 Å². The third-order valence-electron chi connectivity index (χ3n) is 2.63. The highest BCUT2D eigenvalue weighted by molar-refractivity contribution is 7.18. The SMILES string of the molecule is CCCC(C)Nc1ccc2nc(C)sc2c1. The number of nitrogens with one attached hydrogen (secondary N) is 1. The second kappa shape index (κ2) is 4.83. The number of rotatable bonds is 4. The minimum atomic E-state index is 0.538. The molecule has 0 spiro atoms. The maximum atomic E-state index is 4.46. The molecular weight excluding hydrogens is 216 g/mol. The number of aromatic nitrogens is 1. The summed E-state index contributed by atoms with van der Waals surface area (Å²) in [4.78, 5) is 4.46. The first-order chi connectivity index (χ1) is 7.69. The van der Waals surface area contributed by atoms with Crippen molar-refractivity contribution in [3.05, 3.63) is 23.2 Å². The summed E-state index contributed by atoms with van der Waals surface area (Å²) in [5, 5.41) is 4.66. The molecule has 2 aromatic rings. The van der Waals surface area contributed by atoms with E-state index in [0.29, 0.717) is 6.04 Å². The van der Waals surface area contributed by atoms with E-state index < -0.39 is 0 Å². The highest BCUT2D eigenvalue weighted by Gasteiger charge is 2.04. The van der Waals surface area contributed by atoms with Crippen LogP contribution in [0.4, 0.5) is 5.69 Å². The second-order valence-corrected chi connectivity index (χ2v) is 5.48. The average molecular weight is 234 g/mol. The van der Waals surface area contributed by atoms with Crippen molar-refractivity contribution in [2.24, 2.45) is 0 Å². The van der Waals surface area contributed by atoms with Crippen molar-refractivity contribution in [3.63, 3.8) is 0 Å². The monoisotopic (exact) mass is 234 g/mol. The molecule has 0 radical (unpaired) electrons. The largest absolute Gasteiger partial charge is 0.383 e. The molecule has 0 bridgehead atoms. The summed E-state index contributed by atoms with van der Waals surface area (Å²) in [5.74, 6) is 0. The third-order valence-corrected chi connectivity index (χ3v) is 3.56. The molecule has 1 heterocycles. The van der Waals surface area contributed by atoms with E-state index in [9.17, 15) is 0 Å². The lowest BCUT2D eigenvalue weighted by molar-refractivity contribution is 0.690. The van der Waals surface area contributed by atoms with Gasteiger partial charge in [-0.3, -0.25) is 0 Å². The number of benzene rings is 1. The van der Waals surface area contributed by atoms with Crippen molar-refractivity contribution in [1.82, 2.24) is 4.98 Å². The Morgan fingerprint density at radius 2 is 2.25 bits per heavy atom. The van der Waals surface area contributed by atoms with E-state index in [1.807, 2.05) is 0 Å². The van der Waals surface area contributed by atoms with E-state index >= 15 is 0 Å². The Balaban J connectivity index is 2.18. The summed E-state index contributed by atoms with van der Waals surface area (Å²) in [7, 11) is 0. The first-order valence-corrected chi connectivity index (χ1v) is 6.64. The highest BCUT2D eigenvalue weighted by Crippen LogP contribution is 2.25. The number of nitrogens with zero attached hydrogens (tertiary/aromatic N) is 1. The molecule has 0 saturated carbocycles. The van der Waals surface area contributed by atoms with Gasteiger partial charge < -0.3 is 5.32 Å². The molecular formula is C13H18N2S. The Morgan fingerprint density at radius 3 is 3.00 bits per heavy atom. The summed E-state index contributed by atoms with van der Waals surface area (Å²) in [6.45, 7) is 6.50. The van der Waals surface area contributed by atoms with Crippen LogP contribution in [0.2, 0.25) is 0 Å². The minimum absolute atomic E-state index is 0.538. The number of hydrogen-bond acceptors (Lipinski definition) is 3. The Labute approximate surface area is 101 Å². The maximum Gasteiger partial charge on any atom is 0.0907 e. The van der Waals surface area contributed by atoms with Crippen molar-refractivity contribution < 1.29 is 0 Å². The van der Waals surface area contributed by atoms with Crippen LogP contribution >= 0.6 is 11.3 Å². The zero-order chi connectivity index (χ0) is 11.5. The number of fused-ring (bicyclic) bond motifs is 1. The molecule has 0 fully saturated rings. The van der Waals surface area contributed by atoms with Crippen molar-refractivity contribution >= 4 is 27.2 Å². The minimum Gasteiger partial charge on any atom is -0.383 e. The van der Waals surface area contributed by atoms with Crippen molar-refractivity contribution in [2.45, 2.75) is 39.7 Å². The van der Waals surface area contributed by atoms with Crippen LogP contribution in [0.5, 0.6) is 0 Å². The number of thiazole rings is 1. The Morgan fingerprint density at radius 1 is 1.44 bits per heavy atom. The number of aryl methyl sites for hydroxylation is 1. The molecule has 0 aliphatic rings. The van der Waals surface area contributed by atoms with E-state index in [1.54, 1.807) is 11.3 Å². The topological polar surface area (TPSA) is 24.9 Å². The van der Waals surface area contributed by atoms with Gasteiger partial charge in [-0.2, -0.15) is 0 Å². The second-order valence-electron chi connectivity index (χ2n) is 4.25. The molecule has 0 aliphatic carbocycles. The van der Waals surface area contributed by atoms with Crippen LogP contribution in [0.25, 0.3) is 10.2 Å². The van der Waals surface area contributed by atoms with Gasteiger partial charge in [0.15, 0.2) is 0 Å². The molecule has 2 nitrogen and oxygen atoms in total. The van der Waals surface area contributed by atoms with Crippen LogP contribution in [0.1, 0.15) is 31.7 Å². The zero-order valence-electron chi connectivity index (χ0n) is 10.1. The molecule has 0 aliphatic heterocycles. The van der Waals surface area contributed by atoms with E-state index in [4.69, 9.17) is 0 Å². The van der Waals surface area contributed by atoms with Gasteiger partial charge in [0, 0.05) is 11.7 Å². The fraction of sp³-hybridized carbons (Fsp3) is 0.462. The standard InChI is InChI=1S/C13H18N2S/c1-4-5-9(2)14-11-6-7-12-13(8-11)16-10(3)15-12/h6-9,14H,4-5H2,1-3H3. The molecule has 0 saturated heterocycles. The molecule has 1 N–H and O–H groups in total. The predicted molar refractivity (Wildman–Crippen MR) is 72.3 cm³/mol. The van der Waals surface area contributed by atoms with Crippen LogP contribution in [0, 0.1) is 6.92 Å². The lowest BCUT2D eigenvalue weighted by atomic mass is 10.2. The van der Waals surface area contributed by atoms with Crippen LogP contribution in [-0.4, -0.2) is 11.0 Å². The van der Waals surface area contributed by atoms with Gasteiger partial charge in [0.05, 0.1) is 15.2 Å². The molecule has 1 aromatic carbocycles. The van der Waals surface area contributed by atoms with Gasteiger partial charge in [0.25, 0.3) is 0 Å². The Kier molecular flexibility index (Phi) is 3.44. The Bertz CT molecular complexity index is 476. The molecule has 1 aromatic heterocycles. The van der Waals surface area contributed by atoms with Crippen molar-refractivity contribution in [1.29, 1.82) is 0 Å². The maximum absolute atomic E-state index is 4.46. The summed E-state index contributed by atoms with van der Waals surface area (Å²) < 4.78 is 1.27. The molecule has 16 heavy (non-hydrogen) atoms. The van der Waals surface area contributed by atoms with E-state index in [-0.39, 0.29) is 0 Å². The molecule has 1 unspecified atom stereocenters. The normalized spacial score (nSPS) is 12.9. The van der Waals surface area contributed by atoms with Crippen LogP contribution < -0.4 is 5.32 Å². The summed E-state index contributed by atoms with van der Waals surface area (Å²) >= 11 is 1.76. The third kappa shape index (κ3) is 2.53. The van der Waals surface area contributed by atoms with Crippen LogP contribution in [0.3, 0.4) is 0 Å². The Hall–Kier alpha value is -1.09. The van der Waals surface area contributed by atoms with Gasteiger partial charge in [-0.15, -0.1) is 11.3 Å². The summed E-state index contributed by atoms with van der Waals surface area (Å²) in [5.41, 5.74) is 2.31. The lowest BCUT2D eigenvalue weighted by Gasteiger charge is -2.13. The quantitative estimate of drug-likeness (QED) is 0.857. The molecule has 86 valence electrons. The van der Waals surface area contributed by atoms with E-state index in [2.05, 4.69) is 49.3 Å².